The van der Waals surface area contributed by atoms with Crippen LogP contribution >= 0.6 is 0 Å². The fourth-order valence-corrected chi connectivity index (χ4v) is 2.94. The van der Waals surface area contributed by atoms with E-state index < -0.39 is 0 Å². The second kappa shape index (κ2) is 5.29. The average Bonchev–Trinajstić information content (AvgIpc) is 3.02. The molecule has 2 atom stereocenters. The normalized spacial score (nSPS) is 23.5. The quantitative estimate of drug-likeness (QED) is 0.894. The Kier molecular flexibility index (Phi) is 3.14. The summed E-state index contributed by atoms with van der Waals surface area (Å²) in [5.41, 5.74) is 1.96. The van der Waals surface area contributed by atoms with Crippen molar-refractivity contribution in [3.8, 4) is 0 Å². The number of nitrogens with one attached hydrogen (secondary N) is 2. The summed E-state index contributed by atoms with van der Waals surface area (Å²) in [6.07, 6.45) is 9.30. The van der Waals surface area contributed by atoms with Crippen LogP contribution in [0.15, 0.2) is 46.7 Å². The van der Waals surface area contributed by atoms with Crippen molar-refractivity contribution < 1.29 is 0 Å². The fraction of sp³-hybridized carbons (Fsp3) is 0.312. The zero-order chi connectivity index (χ0) is 14.9. The first-order chi connectivity index (χ1) is 10.8. The maximum Gasteiger partial charge on any atom is 0.224 e. The molecule has 2 aliphatic heterocycles. The number of nitrogens with zero attached hydrogens (tertiary/aromatic N) is 4. The van der Waals surface area contributed by atoms with Crippen molar-refractivity contribution in [3.05, 3.63) is 36.7 Å². The molecule has 0 fully saturated rings. The third-order valence-electron chi connectivity index (χ3n) is 4.13. The molecule has 6 nitrogen and oxygen atoms in total. The predicted octanol–water partition coefficient (Wildman–Crippen LogP) is 2.60. The van der Waals surface area contributed by atoms with Gasteiger partial charge in [0.1, 0.15) is 6.17 Å². The second-order valence-electron chi connectivity index (χ2n) is 5.56. The van der Waals surface area contributed by atoms with Gasteiger partial charge in [0, 0.05) is 29.8 Å². The molecule has 22 heavy (non-hydrogen) atoms. The van der Waals surface area contributed by atoms with Crippen LogP contribution in [-0.4, -0.2) is 40.0 Å². The van der Waals surface area contributed by atoms with E-state index in [9.17, 15) is 0 Å². The Hall–Kier alpha value is -2.63. The Labute approximate surface area is 128 Å². The van der Waals surface area contributed by atoms with Crippen LogP contribution in [0.1, 0.15) is 13.3 Å². The third kappa shape index (κ3) is 2.26. The fourth-order valence-electron chi connectivity index (χ4n) is 2.94. The number of hydrogen-bond donors (Lipinski definition) is 2. The minimum absolute atomic E-state index is 0.144. The van der Waals surface area contributed by atoms with E-state index in [1.165, 1.54) is 0 Å². The van der Waals surface area contributed by atoms with E-state index in [0.29, 0.717) is 11.9 Å². The van der Waals surface area contributed by atoms with E-state index in [0.717, 1.165) is 29.6 Å². The summed E-state index contributed by atoms with van der Waals surface area (Å²) in [5.74, 6) is 1.03. The van der Waals surface area contributed by atoms with Crippen molar-refractivity contribution in [2.45, 2.75) is 19.5 Å². The van der Waals surface area contributed by atoms with Gasteiger partial charge < -0.3 is 10.2 Å². The molecule has 0 spiro atoms. The van der Waals surface area contributed by atoms with Crippen molar-refractivity contribution in [1.82, 2.24) is 15.1 Å². The monoisotopic (exact) mass is 294 g/mol. The predicted molar refractivity (Wildman–Crippen MR) is 89.1 cm³/mol. The van der Waals surface area contributed by atoms with E-state index in [-0.39, 0.29) is 6.17 Å². The maximum absolute atomic E-state index is 4.78. The lowest BCUT2D eigenvalue weighted by molar-refractivity contribution is 0.238. The number of benzene rings is 1. The van der Waals surface area contributed by atoms with E-state index in [2.05, 4.69) is 44.6 Å². The molecule has 0 saturated heterocycles. The number of H-pyrrole nitrogens is 1. The van der Waals surface area contributed by atoms with E-state index >= 15 is 0 Å². The highest BCUT2D eigenvalue weighted by molar-refractivity contribution is 6.01. The molecular weight excluding hydrogens is 276 g/mol. The highest BCUT2D eigenvalue weighted by Crippen LogP contribution is 2.24. The molecule has 0 aliphatic carbocycles. The Bertz CT molecular complexity index is 772. The molecule has 2 N–H and O–H groups in total. The number of fused-ring (bicyclic) bond motifs is 2. The van der Waals surface area contributed by atoms with Crippen LogP contribution in [0.4, 0.5) is 5.69 Å². The SMILES string of the molecule is CCN1C=CCC2C=NC(Nc3ccc4cn[nH]c4c3)=NC21. The highest BCUT2D eigenvalue weighted by atomic mass is 15.3. The summed E-state index contributed by atoms with van der Waals surface area (Å²) in [6.45, 7) is 3.09. The first-order valence-electron chi connectivity index (χ1n) is 7.58. The van der Waals surface area contributed by atoms with Crippen molar-refractivity contribution in [3.63, 3.8) is 0 Å². The Morgan fingerprint density at radius 3 is 3.27 bits per heavy atom. The molecule has 6 heteroatoms. The van der Waals surface area contributed by atoms with Gasteiger partial charge in [0.2, 0.25) is 5.96 Å². The van der Waals surface area contributed by atoms with Gasteiger partial charge in [-0.05, 0) is 37.7 Å². The number of rotatable bonds is 2. The number of aliphatic imine (C=N–C) groups is 2. The van der Waals surface area contributed by atoms with Gasteiger partial charge in [-0.25, -0.2) is 9.98 Å². The number of hydrogen-bond acceptors (Lipinski definition) is 5. The van der Waals surface area contributed by atoms with Gasteiger partial charge in [-0.1, -0.05) is 6.08 Å². The summed E-state index contributed by atoms with van der Waals surface area (Å²) < 4.78 is 0. The first kappa shape index (κ1) is 13.1. The van der Waals surface area contributed by atoms with E-state index in [4.69, 9.17) is 4.99 Å². The van der Waals surface area contributed by atoms with Gasteiger partial charge in [0.25, 0.3) is 0 Å². The molecule has 2 aromatic rings. The average molecular weight is 294 g/mol. The number of guanidine groups is 1. The van der Waals surface area contributed by atoms with Gasteiger partial charge in [-0.2, -0.15) is 5.10 Å². The summed E-state index contributed by atoms with van der Waals surface area (Å²) in [5, 5.41) is 11.4. The molecule has 1 aromatic carbocycles. The lowest BCUT2D eigenvalue weighted by Crippen LogP contribution is -2.42. The van der Waals surface area contributed by atoms with Crippen LogP contribution in [0.25, 0.3) is 10.9 Å². The largest absolute Gasteiger partial charge is 0.356 e. The summed E-state index contributed by atoms with van der Waals surface area (Å²) >= 11 is 0. The molecule has 0 amide bonds. The van der Waals surface area contributed by atoms with E-state index in [1.54, 1.807) is 0 Å². The number of anilines is 1. The standard InChI is InChI=1S/C16H18N6/c1-2-22-7-3-4-12-9-17-16(20-15(12)22)19-13-6-5-11-10-18-21-14(11)8-13/h3,5-10,12,15H,2,4H2,1H3,(H,18,21)(H,19,20). The van der Waals surface area contributed by atoms with Gasteiger partial charge in [-0.3, -0.25) is 5.10 Å². The van der Waals surface area contributed by atoms with Crippen molar-refractivity contribution >= 4 is 28.8 Å². The zero-order valence-corrected chi connectivity index (χ0v) is 12.4. The van der Waals surface area contributed by atoms with Crippen LogP contribution in [0, 0.1) is 5.92 Å². The molecule has 3 heterocycles. The Morgan fingerprint density at radius 2 is 2.36 bits per heavy atom. The topological polar surface area (TPSA) is 68.7 Å². The molecule has 2 aliphatic rings. The molecule has 0 saturated carbocycles. The van der Waals surface area contributed by atoms with Crippen LogP contribution in [0.3, 0.4) is 0 Å². The van der Waals surface area contributed by atoms with Crippen molar-refractivity contribution in [2.24, 2.45) is 15.9 Å². The Balaban J connectivity index is 1.58. The summed E-state index contributed by atoms with van der Waals surface area (Å²) in [6, 6.07) is 6.06. The van der Waals surface area contributed by atoms with E-state index in [1.807, 2.05) is 30.6 Å². The summed E-state index contributed by atoms with van der Waals surface area (Å²) in [4.78, 5) is 11.5. The molecule has 0 bridgehead atoms. The van der Waals surface area contributed by atoms with Crippen molar-refractivity contribution in [1.29, 1.82) is 0 Å². The smallest absolute Gasteiger partial charge is 0.224 e. The molecule has 112 valence electrons. The lowest BCUT2D eigenvalue weighted by Gasteiger charge is -2.35. The van der Waals surface area contributed by atoms with Gasteiger partial charge in [-0.15, -0.1) is 0 Å². The van der Waals surface area contributed by atoms with Gasteiger partial charge in [0.05, 0.1) is 11.7 Å². The second-order valence-corrected chi connectivity index (χ2v) is 5.56. The van der Waals surface area contributed by atoms with Crippen LogP contribution in [0.5, 0.6) is 0 Å². The summed E-state index contributed by atoms with van der Waals surface area (Å²) in [7, 11) is 0. The molecule has 1 aromatic heterocycles. The Morgan fingerprint density at radius 1 is 1.41 bits per heavy atom. The highest BCUT2D eigenvalue weighted by Gasteiger charge is 2.28. The minimum Gasteiger partial charge on any atom is -0.356 e. The molecule has 4 rings (SSSR count). The molecule has 0 radical (unpaired) electrons. The number of allylic oxidation sites excluding steroid dienone is 1. The number of aromatic nitrogens is 2. The van der Waals surface area contributed by atoms with Crippen LogP contribution in [-0.2, 0) is 0 Å². The third-order valence-corrected chi connectivity index (χ3v) is 4.13. The van der Waals surface area contributed by atoms with Crippen LogP contribution in [0.2, 0.25) is 0 Å². The zero-order valence-electron chi connectivity index (χ0n) is 12.4. The lowest BCUT2D eigenvalue weighted by atomic mass is 9.99. The molecular formula is C16H18N6. The molecule has 2 unspecified atom stereocenters. The maximum atomic E-state index is 4.78. The first-order valence-corrected chi connectivity index (χ1v) is 7.58. The minimum atomic E-state index is 0.144. The van der Waals surface area contributed by atoms with Crippen LogP contribution < -0.4 is 5.32 Å². The van der Waals surface area contributed by atoms with Crippen molar-refractivity contribution in [2.75, 3.05) is 11.9 Å². The number of aromatic amines is 1. The van der Waals surface area contributed by atoms with Gasteiger partial charge in [0.15, 0.2) is 0 Å². The van der Waals surface area contributed by atoms with Gasteiger partial charge >= 0.3 is 0 Å².